The van der Waals surface area contributed by atoms with Gasteiger partial charge in [0.05, 0.1) is 51.3 Å². The molecule has 0 bridgehead atoms. The molecule has 204 valence electrons. The molecule has 0 saturated carbocycles. The molecular formula is C29H18N2O10. The number of aromatic carboxylic acids is 4. The van der Waals surface area contributed by atoms with Gasteiger partial charge in [0, 0.05) is 5.56 Å². The summed E-state index contributed by atoms with van der Waals surface area (Å²) >= 11 is 0. The first-order valence-corrected chi connectivity index (χ1v) is 11.9. The van der Waals surface area contributed by atoms with E-state index in [0.29, 0.717) is 5.56 Å². The Hall–Kier alpha value is -6.04. The number of hydrogen-bond donors (Lipinski definition) is 5. The fraction of sp³-hybridized carbons (Fsp3) is 0.0345. The van der Waals surface area contributed by atoms with Gasteiger partial charge in [0.25, 0.3) is 11.8 Å². The molecule has 5 rings (SSSR count). The molecule has 2 amide bonds. The summed E-state index contributed by atoms with van der Waals surface area (Å²) in [5, 5.41) is 40.9. The number of benzene rings is 3. The summed E-state index contributed by atoms with van der Waals surface area (Å²) in [4.78, 5) is 75.3. The number of rotatable bonds is 8. The molecule has 2 heterocycles. The van der Waals surface area contributed by atoms with E-state index in [-0.39, 0.29) is 44.8 Å². The third-order valence-electron chi connectivity index (χ3n) is 6.52. The maximum absolute atomic E-state index is 13.9. The van der Waals surface area contributed by atoms with Gasteiger partial charge in [0.15, 0.2) is 0 Å². The van der Waals surface area contributed by atoms with Crippen LogP contribution in [0.1, 0.15) is 58.1 Å². The number of amides is 2. The Morgan fingerprint density at radius 1 is 0.634 bits per heavy atom. The molecule has 12 nitrogen and oxygen atoms in total. The lowest BCUT2D eigenvalue weighted by molar-refractivity contribution is -0.123. The predicted molar refractivity (Wildman–Crippen MR) is 140 cm³/mol. The normalized spacial score (nSPS) is 14.3. The van der Waals surface area contributed by atoms with Gasteiger partial charge in [0.1, 0.15) is 0 Å². The number of nitrogens with one attached hydrogen (secondary N) is 1. The van der Waals surface area contributed by atoms with Crippen molar-refractivity contribution in [1.82, 2.24) is 10.2 Å². The molecule has 0 aliphatic carbocycles. The first-order valence-electron chi connectivity index (χ1n) is 11.9. The molecule has 41 heavy (non-hydrogen) atoms. The minimum atomic E-state index is -1.45. The summed E-state index contributed by atoms with van der Waals surface area (Å²) in [6, 6.07) is 14.9. The minimum absolute atomic E-state index is 0.0540. The summed E-state index contributed by atoms with van der Waals surface area (Å²) in [5.41, 5.74) is -1.17. The van der Waals surface area contributed by atoms with Crippen LogP contribution < -0.4 is 5.32 Å². The lowest BCUT2D eigenvalue weighted by Gasteiger charge is -2.23. The molecule has 0 radical (unpaired) electrons. The average Bonchev–Trinajstić information content (AvgIpc) is 3.43. The first kappa shape index (κ1) is 26.6. The van der Waals surface area contributed by atoms with E-state index in [1.165, 1.54) is 12.1 Å². The van der Waals surface area contributed by atoms with Crippen LogP contribution in [0.3, 0.4) is 0 Å². The SMILES string of the molecule is O=C1NC(c2ccccc2)=C2C(=O)N(Cc3cc(C(=O)O)cc(C(=O)O)c3)C(c3cc(C(=O)O)cc(C(=O)O)c3)=C12. The number of carboxylic acids is 4. The molecule has 12 heteroatoms. The molecule has 3 aromatic carbocycles. The van der Waals surface area contributed by atoms with E-state index >= 15 is 0 Å². The second kappa shape index (κ2) is 9.93. The third kappa shape index (κ3) is 4.69. The van der Waals surface area contributed by atoms with Crippen molar-refractivity contribution in [2.45, 2.75) is 6.54 Å². The van der Waals surface area contributed by atoms with E-state index in [9.17, 15) is 49.2 Å². The van der Waals surface area contributed by atoms with Crippen molar-refractivity contribution in [2.75, 3.05) is 0 Å². The Morgan fingerprint density at radius 3 is 1.61 bits per heavy atom. The Balaban J connectivity index is 1.77. The van der Waals surface area contributed by atoms with Crippen molar-refractivity contribution in [3.05, 3.63) is 117 Å². The van der Waals surface area contributed by atoms with Crippen LogP contribution in [0.25, 0.3) is 11.4 Å². The molecule has 0 spiro atoms. The molecule has 2 aliphatic rings. The zero-order valence-electron chi connectivity index (χ0n) is 20.7. The van der Waals surface area contributed by atoms with Crippen LogP contribution in [-0.2, 0) is 16.1 Å². The topological polar surface area (TPSA) is 199 Å². The van der Waals surface area contributed by atoms with Gasteiger partial charge in [-0.15, -0.1) is 0 Å². The number of hydrogen-bond acceptors (Lipinski definition) is 6. The maximum atomic E-state index is 13.9. The smallest absolute Gasteiger partial charge is 0.335 e. The number of carbonyl (C=O) groups is 6. The van der Waals surface area contributed by atoms with Crippen LogP contribution in [0, 0.1) is 0 Å². The van der Waals surface area contributed by atoms with E-state index in [1.54, 1.807) is 30.3 Å². The number of carbonyl (C=O) groups excluding carboxylic acids is 2. The van der Waals surface area contributed by atoms with Gasteiger partial charge in [-0.25, -0.2) is 19.2 Å². The molecule has 0 unspecified atom stereocenters. The van der Waals surface area contributed by atoms with E-state index in [1.807, 2.05) is 0 Å². The highest BCUT2D eigenvalue weighted by molar-refractivity contribution is 6.30. The summed E-state index contributed by atoms with van der Waals surface area (Å²) < 4.78 is 0. The lowest BCUT2D eigenvalue weighted by atomic mass is 9.98. The Morgan fingerprint density at radius 2 is 1.12 bits per heavy atom. The quantitative estimate of drug-likeness (QED) is 0.276. The highest BCUT2D eigenvalue weighted by Gasteiger charge is 2.45. The van der Waals surface area contributed by atoms with E-state index in [4.69, 9.17) is 0 Å². The molecule has 3 aromatic rings. The van der Waals surface area contributed by atoms with Crippen LogP contribution in [-0.4, -0.2) is 61.0 Å². The second-order valence-electron chi connectivity index (χ2n) is 9.12. The number of nitrogens with zero attached hydrogens (tertiary/aromatic N) is 1. The number of carboxylic acid groups (broad SMARTS) is 4. The zero-order valence-corrected chi connectivity index (χ0v) is 20.7. The van der Waals surface area contributed by atoms with Crippen molar-refractivity contribution < 1.29 is 49.2 Å². The predicted octanol–water partition coefficient (Wildman–Crippen LogP) is 2.77. The highest BCUT2D eigenvalue weighted by Crippen LogP contribution is 2.43. The van der Waals surface area contributed by atoms with Crippen molar-refractivity contribution in [1.29, 1.82) is 0 Å². The molecule has 2 aliphatic heterocycles. The van der Waals surface area contributed by atoms with E-state index in [2.05, 4.69) is 5.32 Å². The second-order valence-corrected chi connectivity index (χ2v) is 9.12. The molecule has 0 fully saturated rings. The molecule has 5 N–H and O–H groups in total. The fourth-order valence-electron chi connectivity index (χ4n) is 4.78. The van der Waals surface area contributed by atoms with Crippen molar-refractivity contribution in [3.8, 4) is 0 Å². The minimum Gasteiger partial charge on any atom is -0.478 e. The highest BCUT2D eigenvalue weighted by atomic mass is 16.4. The monoisotopic (exact) mass is 554 g/mol. The first-order chi connectivity index (χ1) is 19.5. The van der Waals surface area contributed by atoms with E-state index in [0.717, 1.165) is 29.2 Å². The summed E-state index contributed by atoms with van der Waals surface area (Å²) in [6.45, 7) is -0.419. The molecular weight excluding hydrogens is 536 g/mol. The lowest BCUT2D eigenvalue weighted by Crippen LogP contribution is -2.27. The molecule has 0 aromatic heterocycles. The van der Waals surface area contributed by atoms with Gasteiger partial charge < -0.3 is 30.6 Å². The van der Waals surface area contributed by atoms with Crippen LogP contribution in [0.2, 0.25) is 0 Å². The van der Waals surface area contributed by atoms with Crippen LogP contribution >= 0.6 is 0 Å². The van der Waals surface area contributed by atoms with Crippen LogP contribution in [0.15, 0.2) is 77.9 Å². The number of fused-ring (bicyclic) bond motifs is 1. The van der Waals surface area contributed by atoms with Gasteiger partial charge in [-0.1, -0.05) is 30.3 Å². The summed E-state index contributed by atoms with van der Waals surface area (Å²) in [6.07, 6.45) is 0. The van der Waals surface area contributed by atoms with Crippen molar-refractivity contribution >= 4 is 47.1 Å². The average molecular weight is 554 g/mol. The van der Waals surface area contributed by atoms with Gasteiger partial charge in [-0.2, -0.15) is 0 Å². The van der Waals surface area contributed by atoms with Crippen LogP contribution in [0.4, 0.5) is 0 Å². The Labute approximate surface area is 230 Å². The largest absolute Gasteiger partial charge is 0.478 e. The molecule has 0 saturated heterocycles. The maximum Gasteiger partial charge on any atom is 0.335 e. The Kier molecular flexibility index (Phi) is 6.43. The zero-order chi connectivity index (χ0) is 29.6. The third-order valence-corrected chi connectivity index (χ3v) is 6.52. The summed E-state index contributed by atoms with van der Waals surface area (Å²) in [7, 11) is 0. The van der Waals surface area contributed by atoms with Gasteiger partial charge in [-0.05, 0) is 47.5 Å². The molecule has 0 atom stereocenters. The van der Waals surface area contributed by atoms with Crippen LogP contribution in [0.5, 0.6) is 0 Å². The van der Waals surface area contributed by atoms with Crippen molar-refractivity contribution in [2.24, 2.45) is 0 Å². The van der Waals surface area contributed by atoms with Gasteiger partial charge in [0.2, 0.25) is 0 Å². The fourth-order valence-corrected chi connectivity index (χ4v) is 4.78. The van der Waals surface area contributed by atoms with Gasteiger partial charge >= 0.3 is 23.9 Å². The standard InChI is InChI=1S/C29H18N2O10/c32-24-21-20(22(30-24)14-4-2-1-3-5-14)25(33)31(12-13-6-16(26(34)35)10-17(7-13)27(36)37)23(21)15-8-18(28(38)39)11-19(9-15)29(40)41/h1-11H,12H2,(H,30,32)(H,34,35)(H,36,37)(H,38,39)(H,40,41). The van der Waals surface area contributed by atoms with E-state index < -0.39 is 53.4 Å². The summed E-state index contributed by atoms with van der Waals surface area (Å²) in [5.74, 6) is -7.15. The Bertz CT molecular complexity index is 1720. The van der Waals surface area contributed by atoms with Crippen molar-refractivity contribution in [3.63, 3.8) is 0 Å². The van der Waals surface area contributed by atoms with Gasteiger partial charge in [-0.3, -0.25) is 9.59 Å².